The fourth-order valence-electron chi connectivity index (χ4n) is 2.82. The van der Waals surface area contributed by atoms with Gasteiger partial charge in [-0.15, -0.1) is 0 Å². The molecule has 0 spiro atoms. The third-order valence-electron chi connectivity index (χ3n) is 4.45. The summed E-state index contributed by atoms with van der Waals surface area (Å²) < 4.78 is 12.3. The van der Waals surface area contributed by atoms with Crippen molar-refractivity contribution in [1.82, 2.24) is 5.43 Å². The Kier molecular flexibility index (Phi) is 6.67. The van der Waals surface area contributed by atoms with Gasteiger partial charge in [-0.3, -0.25) is 9.00 Å². The first-order chi connectivity index (χ1) is 13.9. The molecule has 0 aliphatic carbocycles. The highest BCUT2D eigenvalue weighted by Gasteiger charge is 2.11. The first-order valence-corrected chi connectivity index (χ1v) is 10.8. The first-order valence-electron chi connectivity index (χ1n) is 9.06. The smallest absolute Gasteiger partial charge is 0.271 e. The molecule has 1 amide bonds. The normalized spacial score (nSPS) is 12.6. The third-order valence-corrected chi connectivity index (χ3v) is 6.40. The van der Waals surface area contributed by atoms with E-state index in [1.54, 1.807) is 6.21 Å². The number of rotatable bonds is 6. The lowest BCUT2D eigenvalue weighted by molar-refractivity contribution is 0.0955. The van der Waals surface area contributed by atoms with Crippen LogP contribution in [0.25, 0.3) is 10.8 Å². The molecule has 29 heavy (non-hydrogen) atoms. The summed E-state index contributed by atoms with van der Waals surface area (Å²) in [6, 6.07) is 15.9. The van der Waals surface area contributed by atoms with Crippen molar-refractivity contribution in [3.63, 3.8) is 0 Å². The predicted molar refractivity (Wildman–Crippen MR) is 119 cm³/mol. The largest absolute Gasteiger partial charge is 0.506 e. The lowest BCUT2D eigenvalue weighted by Gasteiger charge is -2.10. The van der Waals surface area contributed by atoms with E-state index in [-0.39, 0.29) is 16.0 Å². The summed E-state index contributed by atoms with van der Waals surface area (Å²) in [5.74, 6) is -0.0263. The number of hydrogen-bond acceptors (Lipinski definition) is 4. The van der Waals surface area contributed by atoms with Gasteiger partial charge in [-0.05, 0) is 34.5 Å². The van der Waals surface area contributed by atoms with Crippen LogP contribution >= 0.6 is 11.6 Å². The van der Waals surface area contributed by atoms with Gasteiger partial charge in [-0.25, -0.2) is 5.43 Å². The summed E-state index contributed by atoms with van der Waals surface area (Å²) >= 11 is 5.83. The number of hydrazone groups is 1. The number of halogens is 1. The lowest BCUT2D eigenvalue weighted by Crippen LogP contribution is -2.17. The number of phenols is 1. The maximum Gasteiger partial charge on any atom is 0.271 e. The van der Waals surface area contributed by atoms with Crippen LogP contribution < -0.4 is 5.43 Å². The summed E-state index contributed by atoms with van der Waals surface area (Å²) in [5, 5.41) is 15.7. The Bertz CT molecular complexity index is 1110. The standard InChI is InChI=1S/C22H21ClN2O3S/c1-14(2)29(28)13-17-8-7-16(18-5-3-4-6-19(17)18)12-24-25-22(27)15-9-10-21(26)20(23)11-15/h3-12,14,26H,13H2,1-2H3,(H,25,27). The molecule has 1 atom stereocenters. The van der Waals surface area contributed by atoms with Crippen molar-refractivity contribution in [2.45, 2.75) is 24.9 Å². The molecule has 0 fully saturated rings. The zero-order chi connectivity index (χ0) is 21.0. The van der Waals surface area contributed by atoms with E-state index in [0.717, 1.165) is 21.9 Å². The van der Waals surface area contributed by atoms with Crippen molar-refractivity contribution in [2.24, 2.45) is 5.10 Å². The quantitative estimate of drug-likeness (QED) is 0.444. The monoisotopic (exact) mass is 428 g/mol. The Balaban J connectivity index is 1.82. The van der Waals surface area contributed by atoms with Gasteiger partial charge in [0.2, 0.25) is 0 Å². The van der Waals surface area contributed by atoms with Crippen LogP contribution in [0.2, 0.25) is 5.02 Å². The highest BCUT2D eigenvalue weighted by molar-refractivity contribution is 7.84. The van der Waals surface area contributed by atoms with Gasteiger partial charge in [0, 0.05) is 32.9 Å². The Morgan fingerprint density at radius 2 is 1.90 bits per heavy atom. The van der Waals surface area contributed by atoms with Crippen molar-refractivity contribution in [3.8, 4) is 5.75 Å². The van der Waals surface area contributed by atoms with E-state index in [9.17, 15) is 14.1 Å². The fraction of sp³-hybridized carbons (Fsp3) is 0.182. The molecule has 0 saturated heterocycles. The highest BCUT2D eigenvalue weighted by atomic mass is 35.5. The van der Waals surface area contributed by atoms with Crippen molar-refractivity contribution in [1.29, 1.82) is 0 Å². The van der Waals surface area contributed by atoms with Crippen LogP contribution in [0.1, 0.15) is 35.3 Å². The van der Waals surface area contributed by atoms with E-state index in [1.165, 1.54) is 18.2 Å². The van der Waals surface area contributed by atoms with Crippen LogP contribution in [-0.2, 0) is 16.6 Å². The summed E-state index contributed by atoms with van der Waals surface area (Å²) in [6.45, 7) is 3.90. The molecule has 5 nitrogen and oxygen atoms in total. The third kappa shape index (κ3) is 5.02. The molecule has 3 rings (SSSR count). The van der Waals surface area contributed by atoms with Crippen LogP contribution in [-0.4, -0.2) is 26.7 Å². The maximum atomic E-state index is 12.3. The minimum absolute atomic E-state index is 0.0864. The van der Waals surface area contributed by atoms with Gasteiger partial charge < -0.3 is 5.11 Å². The summed E-state index contributed by atoms with van der Waals surface area (Å²) in [4.78, 5) is 12.2. The zero-order valence-corrected chi connectivity index (χ0v) is 17.6. The summed E-state index contributed by atoms with van der Waals surface area (Å²) in [6.07, 6.45) is 1.57. The minimum atomic E-state index is -0.941. The minimum Gasteiger partial charge on any atom is -0.506 e. The average molecular weight is 429 g/mol. The van der Waals surface area contributed by atoms with Crippen molar-refractivity contribution in [3.05, 3.63) is 76.3 Å². The van der Waals surface area contributed by atoms with Crippen LogP contribution in [0.5, 0.6) is 5.75 Å². The van der Waals surface area contributed by atoms with E-state index in [0.29, 0.717) is 11.3 Å². The zero-order valence-electron chi connectivity index (χ0n) is 16.1. The second-order valence-corrected chi connectivity index (χ2v) is 9.20. The number of nitrogens with one attached hydrogen (secondary N) is 1. The number of carbonyl (C=O) groups is 1. The number of amides is 1. The number of nitrogens with zero attached hydrogens (tertiary/aromatic N) is 1. The van der Waals surface area contributed by atoms with Crippen LogP contribution in [0.15, 0.2) is 59.7 Å². The van der Waals surface area contributed by atoms with E-state index in [2.05, 4.69) is 10.5 Å². The van der Waals surface area contributed by atoms with Gasteiger partial charge in [-0.1, -0.05) is 61.8 Å². The number of benzene rings is 3. The van der Waals surface area contributed by atoms with Crippen molar-refractivity contribution in [2.75, 3.05) is 0 Å². The van der Waals surface area contributed by atoms with Gasteiger partial charge in [0.1, 0.15) is 5.75 Å². The average Bonchev–Trinajstić information content (AvgIpc) is 2.71. The number of aromatic hydroxyl groups is 1. The molecule has 3 aromatic carbocycles. The Morgan fingerprint density at radius 3 is 2.59 bits per heavy atom. The summed E-state index contributed by atoms with van der Waals surface area (Å²) in [5.41, 5.74) is 4.61. The second kappa shape index (κ2) is 9.20. The number of hydrogen-bond donors (Lipinski definition) is 2. The van der Waals surface area contributed by atoms with Gasteiger partial charge in [-0.2, -0.15) is 5.10 Å². The van der Waals surface area contributed by atoms with Gasteiger partial charge >= 0.3 is 0 Å². The Hall–Kier alpha value is -2.70. The second-order valence-electron chi connectivity index (χ2n) is 6.80. The number of phenolic OH excluding ortho intramolecular Hbond substituents is 1. The predicted octanol–water partition coefficient (Wildman–Crippen LogP) is 4.62. The first kappa shape index (κ1) is 21.0. The van der Waals surface area contributed by atoms with Crippen LogP contribution in [0.3, 0.4) is 0 Å². The molecule has 0 radical (unpaired) electrons. The fourth-order valence-corrected chi connectivity index (χ4v) is 3.89. The molecule has 3 aromatic rings. The Morgan fingerprint density at radius 1 is 1.17 bits per heavy atom. The van der Waals surface area contributed by atoms with Crippen LogP contribution in [0.4, 0.5) is 0 Å². The summed E-state index contributed by atoms with van der Waals surface area (Å²) in [7, 11) is -0.941. The molecule has 0 bridgehead atoms. The SMILES string of the molecule is CC(C)S(=O)Cc1ccc(C=NNC(=O)c2ccc(O)c(Cl)c2)c2ccccc12. The molecule has 0 aliphatic heterocycles. The molecule has 150 valence electrons. The van der Waals surface area contributed by atoms with Gasteiger partial charge in [0.25, 0.3) is 5.91 Å². The molecule has 7 heteroatoms. The van der Waals surface area contributed by atoms with Crippen molar-refractivity contribution >= 4 is 45.3 Å². The van der Waals surface area contributed by atoms with E-state index >= 15 is 0 Å². The lowest BCUT2D eigenvalue weighted by atomic mass is 10.0. The topological polar surface area (TPSA) is 78.8 Å². The Labute approximate surface area is 176 Å². The van der Waals surface area contributed by atoms with Gasteiger partial charge in [0.15, 0.2) is 0 Å². The maximum absolute atomic E-state index is 12.3. The molecule has 2 N–H and O–H groups in total. The molecule has 0 aromatic heterocycles. The van der Waals surface area contributed by atoms with E-state index in [4.69, 9.17) is 11.6 Å². The number of fused-ring (bicyclic) bond motifs is 1. The number of carbonyl (C=O) groups excluding carboxylic acids is 1. The van der Waals surface area contributed by atoms with Crippen molar-refractivity contribution < 1.29 is 14.1 Å². The molecule has 0 aliphatic rings. The molecular formula is C22H21ClN2O3S. The van der Waals surface area contributed by atoms with Crippen LogP contribution in [0, 0.1) is 0 Å². The van der Waals surface area contributed by atoms with E-state index < -0.39 is 16.7 Å². The molecule has 0 saturated carbocycles. The highest BCUT2D eigenvalue weighted by Crippen LogP contribution is 2.25. The molecule has 0 heterocycles. The van der Waals surface area contributed by atoms with Gasteiger partial charge in [0.05, 0.1) is 11.2 Å². The molecule has 1 unspecified atom stereocenters. The van der Waals surface area contributed by atoms with E-state index in [1.807, 2.05) is 50.2 Å². The molecular weight excluding hydrogens is 408 g/mol.